The topological polar surface area (TPSA) is 46.0 Å². The van der Waals surface area contributed by atoms with E-state index in [2.05, 4.69) is 16.5 Å². The molecule has 17 heavy (non-hydrogen) atoms. The molecule has 3 nitrogen and oxygen atoms in total. The predicted octanol–water partition coefficient (Wildman–Crippen LogP) is 3.07. The number of hydrogen-bond acceptors (Lipinski definition) is 3. The van der Waals surface area contributed by atoms with Gasteiger partial charge in [-0.25, -0.2) is 0 Å². The average molecular weight is 226 g/mol. The largest absolute Gasteiger partial charge is 0.513 e. The van der Waals surface area contributed by atoms with Gasteiger partial charge < -0.3 is 5.11 Å². The summed E-state index contributed by atoms with van der Waals surface area (Å²) in [7, 11) is 0. The Balaban J connectivity index is 2.36. The van der Waals surface area contributed by atoms with Gasteiger partial charge >= 0.3 is 0 Å². The molecule has 0 unspecified atom stereocenters. The van der Waals surface area contributed by atoms with E-state index >= 15 is 0 Å². The van der Waals surface area contributed by atoms with Crippen LogP contribution in [0, 0.1) is 6.92 Å². The summed E-state index contributed by atoms with van der Waals surface area (Å²) in [6.45, 7) is 5.50. The predicted molar refractivity (Wildman–Crippen MR) is 67.7 cm³/mol. The first-order chi connectivity index (χ1) is 8.15. The maximum atomic E-state index is 9.18. The lowest BCUT2D eigenvalue weighted by molar-refractivity contribution is 0.401. The van der Waals surface area contributed by atoms with E-state index in [1.54, 1.807) is 12.4 Å². The second-order valence-corrected chi connectivity index (χ2v) is 4.01. The van der Waals surface area contributed by atoms with Crippen LogP contribution < -0.4 is 0 Å². The minimum absolute atomic E-state index is 0.152. The van der Waals surface area contributed by atoms with E-state index in [0.717, 1.165) is 22.5 Å². The van der Waals surface area contributed by atoms with E-state index in [9.17, 15) is 5.11 Å². The summed E-state index contributed by atoms with van der Waals surface area (Å²) in [5.74, 6) is 0.152. The summed E-state index contributed by atoms with van der Waals surface area (Å²) >= 11 is 0. The molecular formula is C14H14N2O. The lowest BCUT2D eigenvalue weighted by Gasteiger charge is -2.04. The van der Waals surface area contributed by atoms with Crippen molar-refractivity contribution >= 4 is 0 Å². The summed E-state index contributed by atoms with van der Waals surface area (Å²) < 4.78 is 0. The van der Waals surface area contributed by atoms with Crippen LogP contribution in [0.2, 0.25) is 0 Å². The van der Waals surface area contributed by atoms with Crippen LogP contribution in [0.4, 0.5) is 0 Å². The van der Waals surface area contributed by atoms with Crippen molar-refractivity contribution in [1.29, 1.82) is 0 Å². The molecule has 3 heteroatoms. The first kappa shape index (κ1) is 11.3. The number of aliphatic hydroxyl groups is 1. The lowest BCUT2D eigenvalue weighted by Crippen LogP contribution is -1.92. The molecule has 1 N–H and O–H groups in total. The number of nitrogens with zero attached hydrogens (tertiary/aromatic N) is 2. The standard InChI is InChI=1S/C14H14N2O/c1-10-3-5-15-13(7-10)14-9-12(4-6-16-14)8-11(2)17/h3-7,9,17H,2,8H2,1H3. The van der Waals surface area contributed by atoms with Crippen LogP contribution in [0.25, 0.3) is 11.4 Å². The summed E-state index contributed by atoms with van der Waals surface area (Å²) in [6, 6.07) is 7.71. The third-order valence-corrected chi connectivity index (χ3v) is 2.41. The highest BCUT2D eigenvalue weighted by atomic mass is 16.3. The molecule has 0 bridgehead atoms. The normalized spacial score (nSPS) is 10.2. The van der Waals surface area contributed by atoms with Crippen molar-refractivity contribution in [3.8, 4) is 11.4 Å². The Hall–Kier alpha value is -2.16. The molecule has 86 valence electrons. The fourth-order valence-corrected chi connectivity index (χ4v) is 1.64. The van der Waals surface area contributed by atoms with Gasteiger partial charge in [-0.05, 0) is 42.3 Å². The Morgan fingerprint density at radius 3 is 2.47 bits per heavy atom. The maximum Gasteiger partial charge on any atom is 0.0894 e. The second-order valence-electron chi connectivity index (χ2n) is 4.01. The van der Waals surface area contributed by atoms with Crippen molar-refractivity contribution < 1.29 is 5.11 Å². The summed E-state index contributed by atoms with van der Waals surface area (Å²) in [5.41, 5.74) is 3.78. The number of aliphatic hydroxyl groups excluding tert-OH is 1. The molecule has 0 spiro atoms. The molecule has 0 aliphatic carbocycles. The van der Waals surface area contributed by atoms with Crippen molar-refractivity contribution in [2.75, 3.05) is 0 Å². The zero-order valence-electron chi connectivity index (χ0n) is 9.72. The minimum Gasteiger partial charge on any atom is -0.513 e. The molecule has 0 radical (unpaired) electrons. The quantitative estimate of drug-likeness (QED) is 0.818. The van der Waals surface area contributed by atoms with Gasteiger partial charge in [-0.15, -0.1) is 0 Å². The van der Waals surface area contributed by atoms with E-state index < -0.39 is 0 Å². The van der Waals surface area contributed by atoms with Crippen molar-refractivity contribution in [3.63, 3.8) is 0 Å². The molecule has 0 saturated heterocycles. The number of hydrogen-bond donors (Lipinski definition) is 1. The van der Waals surface area contributed by atoms with E-state index in [1.165, 1.54) is 0 Å². The molecule has 2 aromatic heterocycles. The van der Waals surface area contributed by atoms with Gasteiger partial charge in [-0.1, -0.05) is 6.58 Å². The summed E-state index contributed by atoms with van der Waals surface area (Å²) in [4.78, 5) is 8.57. The Kier molecular flexibility index (Phi) is 3.19. The Labute approximate surface area is 100 Å². The smallest absolute Gasteiger partial charge is 0.0894 e. The van der Waals surface area contributed by atoms with Gasteiger partial charge in [0.2, 0.25) is 0 Å². The minimum atomic E-state index is 0.152. The van der Waals surface area contributed by atoms with E-state index in [0.29, 0.717) is 6.42 Å². The molecule has 0 saturated carbocycles. The lowest BCUT2D eigenvalue weighted by atomic mass is 10.1. The second kappa shape index (κ2) is 4.78. The van der Waals surface area contributed by atoms with Gasteiger partial charge in [0.15, 0.2) is 0 Å². The molecule has 2 rings (SSSR count). The molecule has 2 heterocycles. The van der Waals surface area contributed by atoms with Gasteiger partial charge in [0.25, 0.3) is 0 Å². The van der Waals surface area contributed by atoms with Crippen LogP contribution in [0.15, 0.2) is 49.0 Å². The third kappa shape index (κ3) is 2.91. The number of pyridine rings is 2. The Bertz CT molecular complexity index is 549. The van der Waals surface area contributed by atoms with Gasteiger partial charge in [-0.2, -0.15) is 0 Å². The van der Waals surface area contributed by atoms with Crippen molar-refractivity contribution in [1.82, 2.24) is 9.97 Å². The average Bonchev–Trinajstić information content (AvgIpc) is 2.28. The van der Waals surface area contributed by atoms with Crippen LogP contribution in [0.5, 0.6) is 0 Å². The fraction of sp³-hybridized carbons (Fsp3) is 0.143. The molecule has 0 amide bonds. The van der Waals surface area contributed by atoms with Crippen LogP contribution in [0.3, 0.4) is 0 Å². The van der Waals surface area contributed by atoms with Crippen LogP contribution in [-0.4, -0.2) is 15.1 Å². The highest BCUT2D eigenvalue weighted by Gasteiger charge is 2.03. The summed E-state index contributed by atoms with van der Waals surface area (Å²) in [5, 5.41) is 9.18. The van der Waals surface area contributed by atoms with Crippen molar-refractivity contribution in [3.05, 3.63) is 60.1 Å². The highest BCUT2D eigenvalue weighted by molar-refractivity contribution is 5.55. The van der Waals surface area contributed by atoms with Gasteiger partial charge in [0.1, 0.15) is 0 Å². The summed E-state index contributed by atoms with van der Waals surface area (Å²) in [6.07, 6.45) is 3.93. The number of allylic oxidation sites excluding steroid dienone is 1. The van der Waals surface area contributed by atoms with Gasteiger partial charge in [-0.3, -0.25) is 9.97 Å². The Morgan fingerprint density at radius 2 is 1.82 bits per heavy atom. The van der Waals surface area contributed by atoms with Crippen molar-refractivity contribution in [2.45, 2.75) is 13.3 Å². The molecule has 0 atom stereocenters. The van der Waals surface area contributed by atoms with E-state index in [1.807, 2.05) is 31.2 Å². The molecule has 0 aliphatic rings. The molecule has 2 aromatic rings. The number of aryl methyl sites for hydroxylation is 1. The molecule has 0 fully saturated rings. The monoisotopic (exact) mass is 226 g/mol. The molecule has 0 aliphatic heterocycles. The van der Waals surface area contributed by atoms with Gasteiger partial charge in [0, 0.05) is 18.8 Å². The van der Waals surface area contributed by atoms with Crippen molar-refractivity contribution in [2.24, 2.45) is 0 Å². The highest BCUT2D eigenvalue weighted by Crippen LogP contribution is 2.17. The zero-order chi connectivity index (χ0) is 12.3. The molecular weight excluding hydrogens is 212 g/mol. The van der Waals surface area contributed by atoms with Crippen LogP contribution >= 0.6 is 0 Å². The van der Waals surface area contributed by atoms with Crippen LogP contribution in [0.1, 0.15) is 11.1 Å². The van der Waals surface area contributed by atoms with E-state index in [-0.39, 0.29) is 5.76 Å². The number of rotatable bonds is 3. The Morgan fingerprint density at radius 1 is 1.18 bits per heavy atom. The maximum absolute atomic E-state index is 9.18. The first-order valence-electron chi connectivity index (χ1n) is 5.40. The SMILES string of the molecule is C=C(O)Cc1ccnc(-c2cc(C)ccn2)c1. The zero-order valence-corrected chi connectivity index (χ0v) is 9.72. The van der Waals surface area contributed by atoms with E-state index in [4.69, 9.17) is 0 Å². The molecule has 0 aromatic carbocycles. The van der Waals surface area contributed by atoms with Crippen LogP contribution in [-0.2, 0) is 6.42 Å². The fourth-order valence-electron chi connectivity index (χ4n) is 1.64. The third-order valence-electron chi connectivity index (χ3n) is 2.41. The first-order valence-corrected chi connectivity index (χ1v) is 5.40. The van der Waals surface area contributed by atoms with Gasteiger partial charge in [0.05, 0.1) is 17.1 Å². The number of aromatic nitrogens is 2.